The summed E-state index contributed by atoms with van der Waals surface area (Å²) in [6, 6.07) is 17.5. The first-order chi connectivity index (χ1) is 14.5. The summed E-state index contributed by atoms with van der Waals surface area (Å²) in [6.07, 6.45) is 3.16. The predicted molar refractivity (Wildman–Crippen MR) is 122 cm³/mol. The lowest BCUT2D eigenvalue weighted by molar-refractivity contribution is 0.475. The van der Waals surface area contributed by atoms with Crippen LogP contribution in [0.15, 0.2) is 71.8 Å². The molecule has 0 spiro atoms. The molecule has 0 saturated carbocycles. The highest BCUT2D eigenvalue weighted by Crippen LogP contribution is 2.37. The van der Waals surface area contributed by atoms with E-state index in [-0.39, 0.29) is 11.4 Å². The molecule has 30 heavy (non-hydrogen) atoms. The van der Waals surface area contributed by atoms with Gasteiger partial charge >= 0.3 is 0 Å². The normalized spacial score (nSPS) is 11.3. The molecule has 0 atom stereocenters. The third kappa shape index (κ3) is 3.10. The molecule has 3 heterocycles. The van der Waals surface area contributed by atoms with Crippen LogP contribution in [0.5, 0.6) is 5.75 Å². The molecule has 148 valence electrons. The van der Waals surface area contributed by atoms with Gasteiger partial charge in [0.25, 0.3) is 5.56 Å². The van der Waals surface area contributed by atoms with Crippen molar-refractivity contribution in [3.05, 3.63) is 87.2 Å². The fourth-order valence-electron chi connectivity index (χ4n) is 3.53. The van der Waals surface area contributed by atoms with Crippen LogP contribution in [0.4, 0.5) is 0 Å². The highest BCUT2D eigenvalue weighted by molar-refractivity contribution is 7.15. The number of hydrogen-bond donors (Lipinski definition) is 2. The van der Waals surface area contributed by atoms with Gasteiger partial charge in [0.1, 0.15) is 0 Å². The Kier molecular flexibility index (Phi) is 4.46. The molecule has 0 fully saturated rings. The summed E-state index contributed by atoms with van der Waals surface area (Å²) < 4.78 is 1.35. The largest absolute Gasteiger partial charge is 0.505 e. The van der Waals surface area contributed by atoms with Crippen molar-refractivity contribution in [2.75, 3.05) is 0 Å². The number of fused-ring (bicyclic) bond motifs is 1. The van der Waals surface area contributed by atoms with Crippen molar-refractivity contribution in [1.29, 1.82) is 0 Å². The van der Waals surface area contributed by atoms with Gasteiger partial charge in [0.15, 0.2) is 11.4 Å². The van der Waals surface area contributed by atoms with Crippen LogP contribution < -0.4 is 5.56 Å². The van der Waals surface area contributed by atoms with Gasteiger partial charge in [0.2, 0.25) is 0 Å². The Labute approximate surface area is 180 Å². The fraction of sp³-hybridized carbons (Fsp3) is 0.0435. The summed E-state index contributed by atoms with van der Waals surface area (Å²) in [6.45, 7) is 2.09. The molecule has 0 radical (unpaired) electrons. The Morgan fingerprint density at radius 3 is 2.53 bits per heavy atom. The molecule has 5 rings (SSSR count). The lowest BCUT2D eigenvalue weighted by atomic mass is 10.0. The second-order valence-corrected chi connectivity index (χ2v) is 8.66. The Morgan fingerprint density at radius 1 is 1.10 bits per heavy atom. The molecule has 7 heteroatoms. The molecule has 0 aliphatic heterocycles. The van der Waals surface area contributed by atoms with E-state index in [2.05, 4.69) is 41.3 Å². The maximum atomic E-state index is 12.5. The van der Waals surface area contributed by atoms with Crippen molar-refractivity contribution in [2.45, 2.75) is 6.92 Å². The minimum absolute atomic E-state index is 0.0733. The van der Waals surface area contributed by atoms with Crippen LogP contribution in [-0.2, 0) is 0 Å². The van der Waals surface area contributed by atoms with Crippen LogP contribution in [0.2, 0.25) is 5.02 Å². The third-order valence-electron chi connectivity index (χ3n) is 5.00. The lowest BCUT2D eigenvalue weighted by Gasteiger charge is -2.11. The van der Waals surface area contributed by atoms with Crippen LogP contribution in [0.25, 0.3) is 38.2 Å². The quantitative estimate of drug-likeness (QED) is 0.379. The molecule has 5 nitrogen and oxygen atoms in total. The SMILES string of the molecule is Cc1ccc(-c2ccc(-c3cc4c(O)c(-n5cccn5)c(=O)[nH]c4cc3Cl)cc2)s1. The molecule has 2 N–H and O–H groups in total. The third-order valence-corrected chi connectivity index (χ3v) is 6.37. The molecular formula is C23H16ClN3O2S. The smallest absolute Gasteiger partial charge is 0.278 e. The summed E-state index contributed by atoms with van der Waals surface area (Å²) in [7, 11) is 0. The second kappa shape index (κ2) is 7.16. The molecule has 0 unspecified atom stereocenters. The number of nitrogens with one attached hydrogen (secondary N) is 1. The zero-order valence-electron chi connectivity index (χ0n) is 15.9. The van der Waals surface area contributed by atoms with E-state index in [1.165, 1.54) is 14.4 Å². The van der Waals surface area contributed by atoms with Gasteiger partial charge in [-0.3, -0.25) is 4.79 Å². The molecule has 0 aliphatic rings. The van der Waals surface area contributed by atoms with E-state index in [9.17, 15) is 9.90 Å². The van der Waals surface area contributed by atoms with E-state index in [0.29, 0.717) is 15.9 Å². The number of aryl methyl sites for hydroxylation is 1. The van der Waals surface area contributed by atoms with Crippen LogP contribution in [-0.4, -0.2) is 19.9 Å². The van der Waals surface area contributed by atoms with E-state index in [0.717, 1.165) is 16.7 Å². The number of thiophene rings is 1. The topological polar surface area (TPSA) is 70.9 Å². The first-order valence-corrected chi connectivity index (χ1v) is 10.5. The van der Waals surface area contributed by atoms with E-state index >= 15 is 0 Å². The van der Waals surface area contributed by atoms with E-state index in [4.69, 9.17) is 11.6 Å². The van der Waals surface area contributed by atoms with Gasteiger partial charge < -0.3 is 10.1 Å². The van der Waals surface area contributed by atoms with Crippen molar-refractivity contribution >= 4 is 33.8 Å². The highest BCUT2D eigenvalue weighted by Gasteiger charge is 2.16. The van der Waals surface area contributed by atoms with Crippen molar-refractivity contribution in [2.24, 2.45) is 0 Å². The van der Waals surface area contributed by atoms with Gasteiger partial charge in [-0.15, -0.1) is 11.3 Å². The van der Waals surface area contributed by atoms with Crippen molar-refractivity contribution in [1.82, 2.24) is 14.8 Å². The number of aromatic nitrogens is 3. The molecule has 2 aromatic carbocycles. The van der Waals surface area contributed by atoms with Gasteiger partial charge in [-0.25, -0.2) is 4.68 Å². The zero-order valence-corrected chi connectivity index (χ0v) is 17.5. The molecule has 5 aromatic rings. The first kappa shape index (κ1) is 18.7. The summed E-state index contributed by atoms with van der Waals surface area (Å²) in [5.41, 5.74) is 2.93. The monoisotopic (exact) mass is 433 g/mol. The fourth-order valence-corrected chi connectivity index (χ4v) is 4.67. The van der Waals surface area contributed by atoms with E-state index < -0.39 is 5.56 Å². The maximum Gasteiger partial charge on any atom is 0.278 e. The maximum absolute atomic E-state index is 12.5. The molecular weight excluding hydrogens is 418 g/mol. The number of benzene rings is 2. The lowest BCUT2D eigenvalue weighted by Crippen LogP contribution is -2.15. The number of aromatic amines is 1. The summed E-state index contributed by atoms with van der Waals surface area (Å²) in [5, 5.41) is 15.9. The van der Waals surface area contributed by atoms with Crippen LogP contribution in [0.1, 0.15) is 4.88 Å². The van der Waals surface area contributed by atoms with E-state index in [1.807, 2.05) is 12.1 Å². The Hall–Kier alpha value is -3.35. The summed E-state index contributed by atoms with van der Waals surface area (Å²) in [4.78, 5) is 17.7. The molecule has 0 bridgehead atoms. The van der Waals surface area contributed by atoms with Crippen LogP contribution in [0, 0.1) is 6.92 Å². The number of pyridine rings is 1. The minimum atomic E-state index is -0.442. The average Bonchev–Trinajstić information content (AvgIpc) is 3.40. The van der Waals surface area contributed by atoms with Gasteiger partial charge in [0, 0.05) is 33.1 Å². The molecule has 0 amide bonds. The molecule has 0 saturated heterocycles. The van der Waals surface area contributed by atoms with Gasteiger partial charge in [0.05, 0.1) is 10.5 Å². The number of nitrogens with zero attached hydrogens (tertiary/aromatic N) is 2. The van der Waals surface area contributed by atoms with Crippen LogP contribution >= 0.6 is 22.9 Å². The molecule has 3 aromatic heterocycles. The number of hydrogen-bond acceptors (Lipinski definition) is 4. The standard InChI is InChI=1S/C23H16ClN3O2S/c1-13-3-8-20(30-13)15-6-4-14(5-7-15)16-11-17-19(12-18(16)24)26-23(29)21(22(17)28)27-10-2-9-25-27/h2-12H,1H3,(H2,26,28,29). The van der Waals surface area contributed by atoms with Crippen molar-refractivity contribution < 1.29 is 5.11 Å². The van der Waals surface area contributed by atoms with Crippen molar-refractivity contribution in [3.8, 4) is 33.0 Å². The summed E-state index contributed by atoms with van der Waals surface area (Å²) >= 11 is 8.27. The number of halogens is 1. The summed E-state index contributed by atoms with van der Waals surface area (Å²) in [5.74, 6) is -0.138. The van der Waals surface area contributed by atoms with E-state index in [1.54, 1.807) is 41.9 Å². The first-order valence-electron chi connectivity index (χ1n) is 9.27. The average molecular weight is 434 g/mol. The zero-order chi connectivity index (χ0) is 20.8. The predicted octanol–water partition coefficient (Wildman–Crippen LogP) is 5.78. The van der Waals surface area contributed by atoms with Gasteiger partial charge in [-0.1, -0.05) is 35.9 Å². The number of aromatic hydroxyl groups is 1. The molecule has 0 aliphatic carbocycles. The Balaban J connectivity index is 1.64. The minimum Gasteiger partial charge on any atom is -0.505 e. The number of rotatable bonds is 3. The van der Waals surface area contributed by atoms with Crippen molar-refractivity contribution in [3.63, 3.8) is 0 Å². The van der Waals surface area contributed by atoms with Crippen LogP contribution in [0.3, 0.4) is 0 Å². The Morgan fingerprint density at radius 2 is 1.87 bits per heavy atom. The van der Waals surface area contributed by atoms with Gasteiger partial charge in [-0.05, 0) is 48.4 Å². The van der Waals surface area contributed by atoms with Gasteiger partial charge in [-0.2, -0.15) is 5.10 Å². The second-order valence-electron chi connectivity index (χ2n) is 6.97. The Bertz CT molecular complexity index is 1430. The number of H-pyrrole nitrogens is 1. The highest BCUT2D eigenvalue weighted by atomic mass is 35.5.